The van der Waals surface area contributed by atoms with Crippen molar-refractivity contribution in [1.82, 2.24) is 15.4 Å². The highest BCUT2D eigenvalue weighted by Gasteiger charge is 2.09. The van der Waals surface area contributed by atoms with E-state index >= 15 is 0 Å². The van der Waals surface area contributed by atoms with Gasteiger partial charge in [0.05, 0.1) is 12.0 Å². The Morgan fingerprint density at radius 3 is 2.88 bits per heavy atom. The molecule has 0 fully saturated rings. The number of amides is 1. The fourth-order valence-corrected chi connectivity index (χ4v) is 2.94. The van der Waals surface area contributed by atoms with E-state index in [0.29, 0.717) is 28.4 Å². The van der Waals surface area contributed by atoms with Gasteiger partial charge in [-0.3, -0.25) is 9.59 Å². The van der Waals surface area contributed by atoms with Gasteiger partial charge in [0.1, 0.15) is 5.75 Å². The Bertz CT molecular complexity index is 849. The number of benzene rings is 1. The molecule has 8 heteroatoms. The third-order valence-electron chi connectivity index (χ3n) is 3.65. The molecule has 0 unspecified atom stereocenters. The number of H-pyrrole nitrogens is 1. The largest absolute Gasteiger partial charge is 0.507 e. The van der Waals surface area contributed by atoms with Gasteiger partial charge in [0.15, 0.2) is 5.16 Å². The predicted molar refractivity (Wildman–Crippen MR) is 103 cm³/mol. The number of rotatable bonds is 8. The van der Waals surface area contributed by atoms with Crippen molar-refractivity contribution in [2.75, 3.05) is 5.75 Å². The molecule has 0 aliphatic carbocycles. The van der Waals surface area contributed by atoms with Gasteiger partial charge in [0.25, 0.3) is 11.5 Å². The number of carbonyl (C=O) groups is 1. The second-order valence-corrected chi connectivity index (χ2v) is 6.64. The highest BCUT2D eigenvalue weighted by atomic mass is 32.2. The van der Waals surface area contributed by atoms with Crippen LogP contribution >= 0.6 is 11.8 Å². The molecule has 0 spiro atoms. The van der Waals surface area contributed by atoms with E-state index < -0.39 is 0 Å². The summed E-state index contributed by atoms with van der Waals surface area (Å²) in [4.78, 5) is 31.0. The number of nitrogens with one attached hydrogen (secondary N) is 2. The average Bonchev–Trinajstić information content (AvgIpc) is 2.61. The quantitative estimate of drug-likeness (QED) is 0.285. The smallest absolute Gasteiger partial charge is 0.254 e. The zero-order valence-electron chi connectivity index (χ0n) is 14.8. The molecule has 26 heavy (non-hydrogen) atoms. The molecule has 0 atom stereocenters. The van der Waals surface area contributed by atoms with Crippen LogP contribution in [0.2, 0.25) is 0 Å². The highest BCUT2D eigenvalue weighted by molar-refractivity contribution is 7.99. The number of aromatic hydroxyl groups is 1. The molecule has 0 saturated heterocycles. The zero-order chi connectivity index (χ0) is 18.9. The van der Waals surface area contributed by atoms with Gasteiger partial charge in [-0.2, -0.15) is 5.10 Å². The van der Waals surface area contributed by atoms with Crippen LogP contribution in [0.25, 0.3) is 0 Å². The molecular weight excluding hydrogens is 352 g/mol. The van der Waals surface area contributed by atoms with Crippen molar-refractivity contribution in [1.29, 1.82) is 0 Å². The molecule has 0 aliphatic heterocycles. The van der Waals surface area contributed by atoms with Crippen LogP contribution in [-0.2, 0) is 11.2 Å². The molecule has 138 valence electrons. The number of nitrogens with zero attached hydrogens (tertiary/aromatic N) is 2. The SMILES string of the molecule is CCCCc1c(C)nc(SCC(=O)NN=Cc2ccccc2O)[nH]c1=O. The molecular formula is C18H22N4O3S. The molecule has 0 bridgehead atoms. The van der Waals surface area contributed by atoms with Gasteiger partial charge in [-0.15, -0.1) is 0 Å². The second-order valence-electron chi connectivity index (χ2n) is 5.68. The van der Waals surface area contributed by atoms with E-state index in [9.17, 15) is 14.7 Å². The van der Waals surface area contributed by atoms with Gasteiger partial charge < -0.3 is 10.1 Å². The van der Waals surface area contributed by atoms with Crippen LogP contribution in [0.4, 0.5) is 0 Å². The molecule has 2 rings (SSSR count). The van der Waals surface area contributed by atoms with Crippen LogP contribution in [0.5, 0.6) is 5.75 Å². The van der Waals surface area contributed by atoms with Crippen LogP contribution in [0.3, 0.4) is 0 Å². The van der Waals surface area contributed by atoms with Crippen molar-refractivity contribution in [3.63, 3.8) is 0 Å². The normalized spacial score (nSPS) is 11.0. The molecule has 0 saturated carbocycles. The van der Waals surface area contributed by atoms with Gasteiger partial charge in [0.2, 0.25) is 0 Å². The van der Waals surface area contributed by atoms with Crippen molar-refractivity contribution in [2.45, 2.75) is 38.3 Å². The Kier molecular flexibility index (Phi) is 7.40. The summed E-state index contributed by atoms with van der Waals surface area (Å²) in [5, 5.41) is 13.8. The summed E-state index contributed by atoms with van der Waals surface area (Å²) in [6.07, 6.45) is 4.02. The first-order valence-electron chi connectivity index (χ1n) is 8.33. The Morgan fingerprint density at radius 2 is 2.19 bits per heavy atom. The molecule has 3 N–H and O–H groups in total. The number of hydrazone groups is 1. The first kappa shape index (κ1) is 19.7. The van der Waals surface area contributed by atoms with Gasteiger partial charge in [-0.1, -0.05) is 37.2 Å². The van der Waals surface area contributed by atoms with Crippen LogP contribution in [0.1, 0.15) is 36.6 Å². The maximum Gasteiger partial charge on any atom is 0.254 e. The summed E-state index contributed by atoms with van der Waals surface area (Å²) < 4.78 is 0. The van der Waals surface area contributed by atoms with E-state index in [1.54, 1.807) is 25.1 Å². The lowest BCUT2D eigenvalue weighted by Gasteiger charge is -2.06. The van der Waals surface area contributed by atoms with Crippen LogP contribution in [0, 0.1) is 6.92 Å². The van der Waals surface area contributed by atoms with E-state index in [4.69, 9.17) is 0 Å². The standard InChI is InChI=1S/C18H22N4O3S/c1-3-4-8-14-12(2)20-18(21-17(14)25)26-11-16(24)22-19-10-13-7-5-6-9-15(13)23/h5-7,9-10,23H,3-4,8,11H2,1-2H3,(H,22,24)(H,20,21,25). The molecule has 0 radical (unpaired) electrons. The lowest BCUT2D eigenvalue weighted by atomic mass is 10.1. The third kappa shape index (κ3) is 5.73. The van der Waals surface area contributed by atoms with Crippen LogP contribution in [0.15, 0.2) is 39.3 Å². The number of carbonyl (C=O) groups excluding carboxylic acids is 1. The number of hydrogen-bond acceptors (Lipinski definition) is 6. The van der Waals surface area contributed by atoms with E-state index in [-0.39, 0.29) is 23.0 Å². The summed E-state index contributed by atoms with van der Waals surface area (Å²) in [6, 6.07) is 6.67. The first-order chi connectivity index (χ1) is 12.5. The Labute approximate surface area is 156 Å². The van der Waals surface area contributed by atoms with Crippen LogP contribution in [-0.4, -0.2) is 32.9 Å². The summed E-state index contributed by atoms with van der Waals surface area (Å²) in [5.41, 5.74) is 4.13. The summed E-state index contributed by atoms with van der Waals surface area (Å²) in [7, 11) is 0. The Hall–Kier alpha value is -2.61. The first-order valence-corrected chi connectivity index (χ1v) is 9.32. The molecule has 1 aromatic heterocycles. The molecule has 7 nitrogen and oxygen atoms in total. The predicted octanol–water partition coefficient (Wildman–Crippen LogP) is 2.37. The summed E-state index contributed by atoms with van der Waals surface area (Å²) in [6.45, 7) is 3.88. The average molecular weight is 374 g/mol. The van der Waals surface area contributed by atoms with Crippen molar-refractivity contribution in [2.24, 2.45) is 5.10 Å². The second kappa shape index (κ2) is 9.76. The number of thioether (sulfide) groups is 1. The van der Waals surface area contributed by atoms with E-state index in [0.717, 1.165) is 24.6 Å². The number of unbranched alkanes of at least 4 members (excludes halogenated alkanes) is 1. The number of aromatic nitrogens is 2. The lowest BCUT2D eigenvalue weighted by molar-refractivity contribution is -0.118. The summed E-state index contributed by atoms with van der Waals surface area (Å²) in [5.74, 6) is -0.188. The number of aryl methyl sites for hydroxylation is 1. The van der Waals surface area contributed by atoms with Gasteiger partial charge in [0, 0.05) is 16.8 Å². The number of para-hydroxylation sites is 1. The maximum absolute atomic E-state index is 12.1. The van der Waals surface area contributed by atoms with Crippen LogP contribution < -0.4 is 11.0 Å². The molecule has 0 aliphatic rings. The molecule has 1 amide bonds. The lowest BCUT2D eigenvalue weighted by Crippen LogP contribution is -2.21. The zero-order valence-corrected chi connectivity index (χ0v) is 15.6. The number of hydrogen-bond donors (Lipinski definition) is 3. The van der Waals surface area contributed by atoms with E-state index in [1.165, 1.54) is 12.3 Å². The molecule has 1 heterocycles. The van der Waals surface area contributed by atoms with Gasteiger partial charge in [-0.25, -0.2) is 10.4 Å². The van der Waals surface area contributed by atoms with Gasteiger partial charge >= 0.3 is 0 Å². The minimum atomic E-state index is -0.336. The minimum absolute atomic E-state index is 0.0643. The monoisotopic (exact) mass is 374 g/mol. The van der Waals surface area contributed by atoms with Crippen molar-refractivity contribution in [3.8, 4) is 5.75 Å². The molecule has 2 aromatic rings. The molecule has 1 aromatic carbocycles. The highest BCUT2D eigenvalue weighted by Crippen LogP contribution is 2.14. The van der Waals surface area contributed by atoms with Crippen molar-refractivity contribution < 1.29 is 9.90 Å². The Balaban J connectivity index is 1.89. The fourth-order valence-electron chi connectivity index (χ4n) is 2.24. The summed E-state index contributed by atoms with van der Waals surface area (Å²) >= 11 is 1.14. The van der Waals surface area contributed by atoms with E-state index in [1.807, 2.05) is 0 Å². The Morgan fingerprint density at radius 1 is 1.42 bits per heavy atom. The van der Waals surface area contributed by atoms with Crippen molar-refractivity contribution >= 4 is 23.9 Å². The topological polar surface area (TPSA) is 107 Å². The minimum Gasteiger partial charge on any atom is -0.507 e. The number of phenols is 1. The number of phenolic OH excluding ortho intramolecular Hbond substituents is 1. The number of aromatic amines is 1. The fraction of sp³-hybridized carbons (Fsp3) is 0.333. The third-order valence-corrected chi connectivity index (χ3v) is 4.52. The van der Waals surface area contributed by atoms with Crippen molar-refractivity contribution in [3.05, 3.63) is 51.4 Å². The van der Waals surface area contributed by atoms with E-state index in [2.05, 4.69) is 27.4 Å². The van der Waals surface area contributed by atoms with Gasteiger partial charge in [-0.05, 0) is 31.9 Å². The maximum atomic E-state index is 12.1.